The molecule has 1 aliphatic rings. The summed E-state index contributed by atoms with van der Waals surface area (Å²) in [5.74, 6) is 0.187. The van der Waals surface area contributed by atoms with Gasteiger partial charge in [0.15, 0.2) is 0 Å². The van der Waals surface area contributed by atoms with Crippen LogP contribution in [0, 0.1) is 0 Å². The Kier molecular flexibility index (Phi) is 11.1. The highest BCUT2D eigenvalue weighted by Gasteiger charge is 2.24. The molecule has 0 aliphatic carbocycles. The molecule has 3 amide bonds. The predicted molar refractivity (Wildman–Crippen MR) is 164 cm³/mol. The van der Waals surface area contributed by atoms with Crippen molar-refractivity contribution in [2.24, 2.45) is 0 Å². The molecule has 214 valence electrons. The maximum atomic E-state index is 13.0. The Morgan fingerprint density at radius 2 is 1.76 bits per heavy atom. The molecule has 1 aliphatic heterocycles. The fourth-order valence-electron chi connectivity index (χ4n) is 4.36. The van der Waals surface area contributed by atoms with Crippen molar-refractivity contribution < 1.29 is 19.1 Å². The third-order valence-electron chi connectivity index (χ3n) is 6.51. The van der Waals surface area contributed by atoms with Gasteiger partial charge < -0.3 is 31.3 Å². The molecular formula is C31H35N5O4S. The fourth-order valence-corrected chi connectivity index (χ4v) is 4.54. The van der Waals surface area contributed by atoms with Crippen LogP contribution in [0.5, 0.6) is 5.75 Å². The van der Waals surface area contributed by atoms with E-state index in [9.17, 15) is 14.4 Å². The van der Waals surface area contributed by atoms with Gasteiger partial charge in [0, 0.05) is 24.7 Å². The Bertz CT molecular complexity index is 1350. The summed E-state index contributed by atoms with van der Waals surface area (Å²) in [6.07, 6.45) is 2.90. The summed E-state index contributed by atoms with van der Waals surface area (Å²) < 4.78 is 5.94. The third kappa shape index (κ3) is 9.61. The molecule has 0 aromatic heterocycles. The van der Waals surface area contributed by atoms with Crippen LogP contribution in [0.15, 0.2) is 78.9 Å². The minimum absolute atomic E-state index is 0.0368. The number of piperazine rings is 1. The molecule has 4 rings (SSSR count). The standard InChI is InChI=1S/C31H35N5O4S/c37-28-20-33-31(39)27(36-28)15-6-7-17-32-29(41)21-34-30(38)25-13-4-5-14-26(25)35-23-11-8-12-24(19-23)40-18-16-22-9-2-1-3-10-22/h1-5,8-14,19,27,35H,6-7,15-18,20-21H2,(H,32,41)(H,33,39)(H,34,38)(H,36,37)/t27-/m0/s1. The smallest absolute Gasteiger partial charge is 0.253 e. The number of rotatable bonds is 14. The molecule has 0 bridgehead atoms. The molecule has 9 nitrogen and oxygen atoms in total. The summed E-state index contributed by atoms with van der Waals surface area (Å²) >= 11 is 5.37. The van der Waals surface area contributed by atoms with Crippen LogP contribution in [0.25, 0.3) is 0 Å². The van der Waals surface area contributed by atoms with Gasteiger partial charge in [0.2, 0.25) is 11.8 Å². The van der Waals surface area contributed by atoms with E-state index in [0.29, 0.717) is 35.8 Å². The number of unbranched alkanes of at least 4 members (excludes halogenated alkanes) is 1. The lowest BCUT2D eigenvalue weighted by Crippen LogP contribution is -2.56. The molecule has 3 aromatic carbocycles. The van der Waals surface area contributed by atoms with Gasteiger partial charge in [0.1, 0.15) is 11.8 Å². The zero-order valence-corrected chi connectivity index (χ0v) is 23.6. The van der Waals surface area contributed by atoms with Crippen LogP contribution in [-0.4, -0.2) is 55.0 Å². The van der Waals surface area contributed by atoms with E-state index < -0.39 is 6.04 Å². The number of anilines is 2. The van der Waals surface area contributed by atoms with Gasteiger partial charge in [-0.05, 0) is 49.1 Å². The lowest BCUT2D eigenvalue weighted by molar-refractivity contribution is -0.133. The fraction of sp³-hybridized carbons (Fsp3) is 0.290. The number of benzene rings is 3. The van der Waals surface area contributed by atoms with Gasteiger partial charge in [0.05, 0.1) is 35.9 Å². The Morgan fingerprint density at radius 1 is 0.951 bits per heavy atom. The lowest BCUT2D eigenvalue weighted by atomic mass is 10.1. The van der Waals surface area contributed by atoms with Crippen molar-refractivity contribution >= 4 is 46.3 Å². The topological polar surface area (TPSA) is 121 Å². The molecular weight excluding hydrogens is 538 g/mol. The molecule has 1 heterocycles. The van der Waals surface area contributed by atoms with Crippen LogP contribution in [-0.2, 0) is 16.0 Å². The number of para-hydroxylation sites is 1. The molecule has 0 unspecified atom stereocenters. The number of thiocarbonyl (C=S) groups is 1. The highest BCUT2D eigenvalue weighted by Crippen LogP contribution is 2.24. The lowest BCUT2D eigenvalue weighted by Gasteiger charge is -2.23. The number of carbonyl (C=O) groups is 3. The summed E-state index contributed by atoms with van der Waals surface area (Å²) in [5.41, 5.74) is 3.20. The van der Waals surface area contributed by atoms with Crippen molar-refractivity contribution in [1.82, 2.24) is 21.3 Å². The summed E-state index contributed by atoms with van der Waals surface area (Å²) in [5, 5.41) is 14.6. The van der Waals surface area contributed by atoms with Crippen molar-refractivity contribution in [3.05, 3.63) is 90.0 Å². The van der Waals surface area contributed by atoms with E-state index in [2.05, 4.69) is 38.7 Å². The van der Waals surface area contributed by atoms with Crippen molar-refractivity contribution in [3.63, 3.8) is 0 Å². The van der Waals surface area contributed by atoms with Crippen LogP contribution in [0.1, 0.15) is 35.2 Å². The number of ether oxygens (including phenoxy) is 1. The average Bonchev–Trinajstić information content (AvgIpc) is 2.98. The largest absolute Gasteiger partial charge is 0.493 e. The maximum absolute atomic E-state index is 13.0. The minimum atomic E-state index is -0.481. The maximum Gasteiger partial charge on any atom is 0.253 e. The summed E-state index contributed by atoms with van der Waals surface area (Å²) in [4.78, 5) is 36.7. The van der Waals surface area contributed by atoms with Crippen LogP contribution in [0.4, 0.5) is 11.4 Å². The SMILES string of the molecule is O=C1CNC(=O)[C@H](CCCCNC(=S)CNC(=O)c2ccccc2Nc2cccc(OCCc3ccccc3)c2)N1. The highest BCUT2D eigenvalue weighted by atomic mass is 32.1. The van der Waals surface area contributed by atoms with Crippen molar-refractivity contribution in [3.8, 4) is 5.75 Å². The van der Waals surface area contributed by atoms with Crippen LogP contribution >= 0.6 is 12.2 Å². The minimum Gasteiger partial charge on any atom is -0.493 e. The van der Waals surface area contributed by atoms with E-state index in [1.807, 2.05) is 60.7 Å². The molecule has 0 radical (unpaired) electrons. The average molecular weight is 574 g/mol. The molecule has 1 fully saturated rings. The van der Waals surface area contributed by atoms with Gasteiger partial charge in [0.25, 0.3) is 5.91 Å². The second-order valence-electron chi connectivity index (χ2n) is 9.65. The number of amides is 3. The van der Waals surface area contributed by atoms with Gasteiger partial charge in [-0.1, -0.05) is 60.7 Å². The zero-order valence-electron chi connectivity index (χ0n) is 22.8. The van der Waals surface area contributed by atoms with E-state index in [1.54, 1.807) is 6.07 Å². The Hall–Kier alpha value is -4.44. The monoisotopic (exact) mass is 573 g/mol. The first-order valence-electron chi connectivity index (χ1n) is 13.7. The molecule has 1 saturated heterocycles. The van der Waals surface area contributed by atoms with E-state index in [0.717, 1.165) is 30.7 Å². The molecule has 0 saturated carbocycles. The zero-order chi connectivity index (χ0) is 28.9. The normalized spacial score (nSPS) is 14.4. The second-order valence-corrected chi connectivity index (χ2v) is 10.1. The first kappa shape index (κ1) is 29.5. The van der Waals surface area contributed by atoms with Gasteiger partial charge in [-0.15, -0.1) is 0 Å². The van der Waals surface area contributed by atoms with E-state index in [1.165, 1.54) is 5.56 Å². The summed E-state index contributed by atoms with van der Waals surface area (Å²) in [7, 11) is 0. The van der Waals surface area contributed by atoms with E-state index in [4.69, 9.17) is 17.0 Å². The number of hydrogen-bond donors (Lipinski definition) is 5. The highest BCUT2D eigenvalue weighted by molar-refractivity contribution is 7.80. The molecule has 41 heavy (non-hydrogen) atoms. The number of nitrogens with one attached hydrogen (secondary N) is 5. The predicted octanol–water partition coefficient (Wildman–Crippen LogP) is 3.48. The Morgan fingerprint density at radius 3 is 2.61 bits per heavy atom. The van der Waals surface area contributed by atoms with Crippen molar-refractivity contribution in [2.75, 3.05) is 31.6 Å². The Labute approximate surface area is 245 Å². The number of hydrogen-bond acceptors (Lipinski definition) is 6. The Balaban J connectivity index is 1.20. The number of carbonyl (C=O) groups excluding carboxylic acids is 3. The first-order chi connectivity index (χ1) is 20.0. The summed E-state index contributed by atoms with van der Waals surface area (Å²) in [6.45, 7) is 1.42. The summed E-state index contributed by atoms with van der Waals surface area (Å²) in [6, 6.07) is 24.7. The molecule has 3 aromatic rings. The van der Waals surface area contributed by atoms with Gasteiger partial charge in [-0.2, -0.15) is 0 Å². The van der Waals surface area contributed by atoms with Crippen LogP contribution in [0.2, 0.25) is 0 Å². The van der Waals surface area contributed by atoms with Crippen LogP contribution in [0.3, 0.4) is 0 Å². The molecule has 10 heteroatoms. The van der Waals surface area contributed by atoms with Gasteiger partial charge in [-0.3, -0.25) is 14.4 Å². The van der Waals surface area contributed by atoms with Crippen molar-refractivity contribution in [1.29, 1.82) is 0 Å². The van der Waals surface area contributed by atoms with Crippen molar-refractivity contribution in [2.45, 2.75) is 31.7 Å². The molecule has 5 N–H and O–H groups in total. The quantitative estimate of drug-likeness (QED) is 0.148. The molecule has 0 spiro atoms. The van der Waals surface area contributed by atoms with Crippen LogP contribution < -0.4 is 31.3 Å². The second kappa shape index (κ2) is 15.4. The first-order valence-corrected chi connectivity index (χ1v) is 14.1. The van der Waals surface area contributed by atoms with Gasteiger partial charge in [-0.25, -0.2) is 0 Å². The molecule has 1 atom stereocenters. The third-order valence-corrected chi connectivity index (χ3v) is 6.80. The van der Waals surface area contributed by atoms with E-state index >= 15 is 0 Å². The van der Waals surface area contributed by atoms with E-state index in [-0.39, 0.29) is 30.8 Å². The van der Waals surface area contributed by atoms with Gasteiger partial charge >= 0.3 is 0 Å².